The highest BCUT2D eigenvalue weighted by atomic mass is 16.5. The molecule has 0 saturated carbocycles. The summed E-state index contributed by atoms with van der Waals surface area (Å²) in [6, 6.07) is 3.97. The van der Waals surface area contributed by atoms with Crippen molar-refractivity contribution in [2.45, 2.75) is 38.3 Å². The molecule has 18 heavy (non-hydrogen) atoms. The van der Waals surface area contributed by atoms with Crippen LogP contribution < -0.4 is 10.1 Å². The maximum atomic E-state index is 5.60. The van der Waals surface area contributed by atoms with Gasteiger partial charge in [0.05, 0.1) is 13.2 Å². The van der Waals surface area contributed by atoms with E-state index in [1.807, 2.05) is 12.1 Å². The Morgan fingerprint density at radius 1 is 1.56 bits per heavy atom. The van der Waals surface area contributed by atoms with Gasteiger partial charge in [0.15, 0.2) is 0 Å². The number of ether oxygens (including phenoxy) is 2. The molecule has 2 heterocycles. The van der Waals surface area contributed by atoms with Crippen LogP contribution in [0.4, 0.5) is 0 Å². The fourth-order valence-corrected chi connectivity index (χ4v) is 2.23. The highest BCUT2D eigenvalue weighted by Gasteiger charge is 2.14. The molecule has 4 heteroatoms. The van der Waals surface area contributed by atoms with Gasteiger partial charge in [0, 0.05) is 25.4 Å². The van der Waals surface area contributed by atoms with Crippen LogP contribution in [0.5, 0.6) is 5.88 Å². The fraction of sp³-hybridized carbons (Fsp3) is 0.643. The molecule has 2 rings (SSSR count). The average Bonchev–Trinajstić information content (AvgIpc) is 2.92. The molecule has 0 aromatic carbocycles. The third-order valence-electron chi connectivity index (χ3n) is 3.24. The first kappa shape index (κ1) is 13.3. The number of hydrogen-bond donors (Lipinski definition) is 1. The molecule has 1 fully saturated rings. The van der Waals surface area contributed by atoms with Crippen molar-refractivity contribution >= 4 is 0 Å². The first-order chi connectivity index (χ1) is 8.88. The normalized spacial score (nSPS) is 19.1. The minimum atomic E-state index is 0.507. The quantitative estimate of drug-likeness (QED) is 0.753. The SMILES string of the molecule is COc1cc(CNCCCC2CCCO2)ccn1. The standard InChI is InChI=1S/C14H22N2O2/c1-17-14-10-12(6-8-16-14)11-15-7-2-4-13-5-3-9-18-13/h6,8,10,13,15H,2-5,7,9,11H2,1H3. The van der Waals surface area contributed by atoms with Crippen LogP contribution >= 0.6 is 0 Å². The summed E-state index contributed by atoms with van der Waals surface area (Å²) < 4.78 is 10.7. The minimum Gasteiger partial charge on any atom is -0.481 e. The summed E-state index contributed by atoms with van der Waals surface area (Å²) in [7, 11) is 1.64. The van der Waals surface area contributed by atoms with E-state index in [2.05, 4.69) is 10.3 Å². The van der Waals surface area contributed by atoms with Crippen LogP contribution in [0.15, 0.2) is 18.3 Å². The smallest absolute Gasteiger partial charge is 0.213 e. The number of rotatable bonds is 7. The summed E-state index contributed by atoms with van der Waals surface area (Å²) in [5, 5.41) is 3.44. The summed E-state index contributed by atoms with van der Waals surface area (Å²) in [5.41, 5.74) is 1.21. The molecule has 1 aromatic heterocycles. The number of nitrogens with zero attached hydrogens (tertiary/aromatic N) is 1. The number of methoxy groups -OCH3 is 1. The zero-order valence-electron chi connectivity index (χ0n) is 11.0. The lowest BCUT2D eigenvalue weighted by Crippen LogP contribution is -2.17. The van der Waals surface area contributed by atoms with Crippen molar-refractivity contribution in [3.05, 3.63) is 23.9 Å². The van der Waals surface area contributed by atoms with Gasteiger partial charge in [-0.1, -0.05) is 0 Å². The summed E-state index contributed by atoms with van der Waals surface area (Å²) in [5.74, 6) is 0.675. The van der Waals surface area contributed by atoms with Gasteiger partial charge < -0.3 is 14.8 Å². The van der Waals surface area contributed by atoms with Gasteiger partial charge in [-0.05, 0) is 43.9 Å². The molecule has 1 aromatic rings. The van der Waals surface area contributed by atoms with Gasteiger partial charge in [0.1, 0.15) is 0 Å². The van der Waals surface area contributed by atoms with E-state index >= 15 is 0 Å². The Morgan fingerprint density at radius 3 is 3.28 bits per heavy atom. The Morgan fingerprint density at radius 2 is 2.50 bits per heavy atom. The number of aromatic nitrogens is 1. The Labute approximate surface area is 109 Å². The third-order valence-corrected chi connectivity index (χ3v) is 3.24. The molecule has 1 unspecified atom stereocenters. The zero-order chi connectivity index (χ0) is 12.6. The van der Waals surface area contributed by atoms with E-state index in [9.17, 15) is 0 Å². The van der Waals surface area contributed by atoms with Crippen molar-refractivity contribution in [3.63, 3.8) is 0 Å². The molecule has 0 bridgehead atoms. The van der Waals surface area contributed by atoms with Crippen molar-refractivity contribution in [1.29, 1.82) is 0 Å². The molecule has 1 atom stereocenters. The van der Waals surface area contributed by atoms with Crippen LogP contribution in [0.3, 0.4) is 0 Å². The number of nitrogens with one attached hydrogen (secondary N) is 1. The lowest BCUT2D eigenvalue weighted by Gasteiger charge is -2.09. The second-order valence-corrected chi connectivity index (χ2v) is 4.66. The van der Waals surface area contributed by atoms with Gasteiger partial charge in [-0.15, -0.1) is 0 Å². The Kier molecular flexibility index (Phi) is 5.42. The second kappa shape index (κ2) is 7.34. The number of pyridine rings is 1. The van der Waals surface area contributed by atoms with Crippen LogP contribution in [0, 0.1) is 0 Å². The molecule has 1 saturated heterocycles. The third kappa shape index (κ3) is 4.27. The van der Waals surface area contributed by atoms with Crippen molar-refractivity contribution < 1.29 is 9.47 Å². The molecular weight excluding hydrogens is 228 g/mol. The van der Waals surface area contributed by atoms with Crippen molar-refractivity contribution in [1.82, 2.24) is 10.3 Å². The molecule has 1 aliphatic rings. The molecular formula is C14H22N2O2. The largest absolute Gasteiger partial charge is 0.481 e. The Bertz CT molecular complexity index is 351. The van der Waals surface area contributed by atoms with Crippen LogP contribution in [-0.2, 0) is 11.3 Å². The van der Waals surface area contributed by atoms with Crippen molar-refractivity contribution in [2.75, 3.05) is 20.3 Å². The average molecular weight is 250 g/mol. The van der Waals surface area contributed by atoms with Gasteiger partial charge >= 0.3 is 0 Å². The summed E-state index contributed by atoms with van der Waals surface area (Å²) in [4.78, 5) is 4.09. The monoisotopic (exact) mass is 250 g/mol. The maximum Gasteiger partial charge on any atom is 0.213 e. The molecule has 0 amide bonds. The Balaban J connectivity index is 1.59. The van der Waals surface area contributed by atoms with Crippen LogP contribution in [-0.4, -0.2) is 31.3 Å². The molecule has 0 spiro atoms. The second-order valence-electron chi connectivity index (χ2n) is 4.66. The number of hydrogen-bond acceptors (Lipinski definition) is 4. The van der Waals surface area contributed by atoms with E-state index < -0.39 is 0 Å². The van der Waals surface area contributed by atoms with E-state index in [1.54, 1.807) is 13.3 Å². The van der Waals surface area contributed by atoms with E-state index in [0.29, 0.717) is 12.0 Å². The summed E-state index contributed by atoms with van der Waals surface area (Å²) in [6.45, 7) is 2.85. The molecule has 1 aliphatic heterocycles. The van der Waals surface area contributed by atoms with Gasteiger partial charge in [-0.25, -0.2) is 4.98 Å². The predicted octanol–water partition coefficient (Wildman–Crippen LogP) is 2.14. The van der Waals surface area contributed by atoms with Gasteiger partial charge in [-0.2, -0.15) is 0 Å². The van der Waals surface area contributed by atoms with E-state index in [4.69, 9.17) is 9.47 Å². The maximum absolute atomic E-state index is 5.60. The van der Waals surface area contributed by atoms with E-state index in [0.717, 1.165) is 19.7 Å². The topological polar surface area (TPSA) is 43.4 Å². The summed E-state index contributed by atoms with van der Waals surface area (Å²) >= 11 is 0. The molecule has 0 aliphatic carbocycles. The molecule has 1 N–H and O–H groups in total. The fourth-order valence-electron chi connectivity index (χ4n) is 2.23. The van der Waals surface area contributed by atoms with Crippen LogP contribution in [0.1, 0.15) is 31.2 Å². The minimum absolute atomic E-state index is 0.507. The highest BCUT2D eigenvalue weighted by molar-refractivity contribution is 5.20. The molecule has 100 valence electrons. The first-order valence-corrected chi connectivity index (χ1v) is 6.70. The van der Waals surface area contributed by atoms with Gasteiger partial charge in [0.25, 0.3) is 0 Å². The van der Waals surface area contributed by atoms with Gasteiger partial charge in [-0.3, -0.25) is 0 Å². The zero-order valence-corrected chi connectivity index (χ0v) is 11.0. The highest BCUT2D eigenvalue weighted by Crippen LogP contribution is 2.16. The van der Waals surface area contributed by atoms with Crippen LogP contribution in [0.2, 0.25) is 0 Å². The molecule has 0 radical (unpaired) electrons. The predicted molar refractivity (Wildman–Crippen MR) is 70.7 cm³/mol. The van der Waals surface area contributed by atoms with Crippen LogP contribution in [0.25, 0.3) is 0 Å². The van der Waals surface area contributed by atoms with E-state index in [1.165, 1.54) is 31.2 Å². The Hall–Kier alpha value is -1.13. The molecule has 4 nitrogen and oxygen atoms in total. The lowest BCUT2D eigenvalue weighted by molar-refractivity contribution is 0.102. The van der Waals surface area contributed by atoms with Crippen molar-refractivity contribution in [2.24, 2.45) is 0 Å². The lowest BCUT2D eigenvalue weighted by atomic mass is 10.1. The first-order valence-electron chi connectivity index (χ1n) is 6.70. The van der Waals surface area contributed by atoms with Crippen molar-refractivity contribution in [3.8, 4) is 5.88 Å². The van der Waals surface area contributed by atoms with Gasteiger partial charge in [0.2, 0.25) is 5.88 Å². The van der Waals surface area contributed by atoms with E-state index in [-0.39, 0.29) is 0 Å². The summed E-state index contributed by atoms with van der Waals surface area (Å²) in [6.07, 6.45) is 7.10.